The molecule has 208 valence electrons. The minimum absolute atomic E-state index is 0.0243. The van der Waals surface area contributed by atoms with Gasteiger partial charge in [-0.05, 0) is 51.5 Å². The Labute approximate surface area is 227 Å². The molecule has 0 radical (unpaired) electrons. The number of hydrogen-bond donors (Lipinski definition) is 1. The average Bonchev–Trinajstić information content (AvgIpc) is 3.61. The van der Waals surface area contributed by atoms with Crippen molar-refractivity contribution in [3.8, 4) is 5.69 Å². The molecule has 10 nitrogen and oxygen atoms in total. The smallest absolute Gasteiger partial charge is 0.416 e. The van der Waals surface area contributed by atoms with Gasteiger partial charge in [-0.15, -0.1) is 5.10 Å². The summed E-state index contributed by atoms with van der Waals surface area (Å²) in [4.78, 5) is 29.5. The molecular formula is C27H27F3N8O2. The van der Waals surface area contributed by atoms with Gasteiger partial charge in [-0.3, -0.25) is 4.98 Å². The van der Waals surface area contributed by atoms with Gasteiger partial charge >= 0.3 is 12.3 Å². The molecule has 2 saturated heterocycles. The second-order valence-electron chi connectivity index (χ2n) is 10.9. The molecule has 6 rings (SSSR count). The van der Waals surface area contributed by atoms with E-state index in [2.05, 4.69) is 30.3 Å². The third kappa shape index (κ3) is 4.87. The largest absolute Gasteiger partial charge is 0.444 e. The predicted octanol–water partition coefficient (Wildman–Crippen LogP) is 5.17. The van der Waals surface area contributed by atoms with E-state index in [1.807, 2.05) is 26.8 Å². The fraction of sp³-hybridized carbons (Fsp3) is 0.370. The molecule has 6 heterocycles. The number of aromatic nitrogens is 5. The number of pyridine rings is 3. The van der Waals surface area contributed by atoms with Gasteiger partial charge in [-0.25, -0.2) is 19.4 Å². The quantitative estimate of drug-likeness (QED) is 0.370. The molecule has 40 heavy (non-hydrogen) atoms. The van der Waals surface area contributed by atoms with Gasteiger partial charge in [-0.1, -0.05) is 0 Å². The molecule has 2 fully saturated rings. The minimum atomic E-state index is -4.49. The summed E-state index contributed by atoms with van der Waals surface area (Å²) in [5.74, 6) is 1.11. The first kappa shape index (κ1) is 25.8. The highest BCUT2D eigenvalue weighted by molar-refractivity contribution is 5.92. The molecule has 4 aromatic rings. The second kappa shape index (κ2) is 9.35. The summed E-state index contributed by atoms with van der Waals surface area (Å²) in [5.41, 5.74) is 0.00756. The first-order chi connectivity index (χ1) is 19.0. The van der Waals surface area contributed by atoms with Crippen LogP contribution in [0.2, 0.25) is 0 Å². The van der Waals surface area contributed by atoms with Gasteiger partial charge in [-0.2, -0.15) is 13.2 Å². The highest BCUT2D eigenvalue weighted by atomic mass is 19.4. The van der Waals surface area contributed by atoms with Crippen LogP contribution in [0.5, 0.6) is 0 Å². The number of nitrogens with zero attached hydrogens (tertiary/aromatic N) is 7. The maximum atomic E-state index is 13.2. The van der Waals surface area contributed by atoms with Crippen molar-refractivity contribution in [2.75, 3.05) is 23.3 Å². The van der Waals surface area contributed by atoms with Crippen LogP contribution in [0.15, 0.2) is 55.1 Å². The van der Waals surface area contributed by atoms with Gasteiger partial charge in [0.15, 0.2) is 5.82 Å². The number of carbonyl (C=O) groups excluding carboxylic acids is 1. The summed E-state index contributed by atoms with van der Waals surface area (Å²) in [6.07, 6.45) is 2.07. The third-order valence-electron chi connectivity index (χ3n) is 6.95. The van der Waals surface area contributed by atoms with E-state index in [0.29, 0.717) is 35.5 Å². The standard InChI is InChI=1S/C27H27F3N8O2/c1-26(2,3)40-25(39)37-15-18-11-19(37)14-36(18)23-12-17(5-9-33-23)38-21-13-31-7-6-20(21)24(35-38)34-22-10-16(4-8-32-22)27(28,29)30/h4-10,12-13,18-19H,11,14-15H2,1-3H3,(H,32,34,35)/t18-,19-/m0/s1. The Bertz CT molecular complexity index is 1580. The fourth-order valence-corrected chi connectivity index (χ4v) is 5.24. The fourth-order valence-electron chi connectivity index (χ4n) is 5.24. The van der Waals surface area contributed by atoms with Crippen LogP contribution in [0.1, 0.15) is 32.8 Å². The summed E-state index contributed by atoms with van der Waals surface area (Å²) in [5, 5.41) is 8.25. The number of fused-ring (bicyclic) bond motifs is 3. The van der Waals surface area contributed by atoms with Crippen molar-refractivity contribution >= 4 is 34.4 Å². The molecule has 0 unspecified atom stereocenters. The molecule has 2 atom stereocenters. The molecule has 2 aliphatic rings. The molecule has 0 spiro atoms. The van der Waals surface area contributed by atoms with Crippen molar-refractivity contribution in [2.24, 2.45) is 0 Å². The van der Waals surface area contributed by atoms with Crippen LogP contribution in [-0.2, 0) is 10.9 Å². The zero-order valence-electron chi connectivity index (χ0n) is 22.1. The van der Waals surface area contributed by atoms with Crippen LogP contribution >= 0.6 is 0 Å². The molecule has 0 aromatic carbocycles. The number of piperazine rings is 1. The number of hydrogen-bond acceptors (Lipinski definition) is 8. The Balaban J connectivity index is 1.26. The van der Waals surface area contributed by atoms with E-state index in [1.165, 1.54) is 0 Å². The maximum Gasteiger partial charge on any atom is 0.416 e. The number of alkyl halides is 3. The minimum Gasteiger partial charge on any atom is -0.444 e. The van der Waals surface area contributed by atoms with E-state index in [9.17, 15) is 18.0 Å². The predicted molar refractivity (Wildman–Crippen MR) is 142 cm³/mol. The Morgan fingerprint density at radius 3 is 2.55 bits per heavy atom. The third-order valence-corrected chi connectivity index (χ3v) is 6.95. The Kier molecular flexibility index (Phi) is 6.04. The Hall–Kier alpha value is -4.42. The van der Waals surface area contributed by atoms with Crippen LogP contribution in [-0.4, -0.2) is 66.5 Å². The molecule has 2 bridgehead atoms. The van der Waals surface area contributed by atoms with Crippen LogP contribution in [0.25, 0.3) is 16.6 Å². The number of likely N-dealkylation sites (tertiary alicyclic amines) is 1. The van der Waals surface area contributed by atoms with E-state index in [1.54, 1.807) is 40.3 Å². The topological polar surface area (TPSA) is 101 Å². The second-order valence-corrected chi connectivity index (χ2v) is 10.9. The lowest BCUT2D eigenvalue weighted by Gasteiger charge is -2.35. The van der Waals surface area contributed by atoms with Gasteiger partial charge < -0.3 is 19.9 Å². The highest BCUT2D eigenvalue weighted by Crippen LogP contribution is 2.36. The highest BCUT2D eigenvalue weighted by Gasteiger charge is 2.47. The van der Waals surface area contributed by atoms with E-state index in [0.717, 1.165) is 30.6 Å². The van der Waals surface area contributed by atoms with Gasteiger partial charge in [0.2, 0.25) is 0 Å². The summed E-state index contributed by atoms with van der Waals surface area (Å²) in [6, 6.07) is 7.46. The van der Waals surface area contributed by atoms with Crippen molar-refractivity contribution in [3.63, 3.8) is 0 Å². The lowest BCUT2D eigenvalue weighted by molar-refractivity contribution is -0.137. The van der Waals surface area contributed by atoms with E-state index >= 15 is 0 Å². The average molecular weight is 553 g/mol. The maximum absolute atomic E-state index is 13.2. The summed E-state index contributed by atoms with van der Waals surface area (Å²) in [7, 11) is 0. The molecule has 0 aliphatic carbocycles. The monoisotopic (exact) mass is 552 g/mol. The van der Waals surface area contributed by atoms with Gasteiger partial charge in [0, 0.05) is 43.1 Å². The van der Waals surface area contributed by atoms with Crippen LogP contribution in [0.4, 0.5) is 35.4 Å². The molecule has 2 aliphatic heterocycles. The number of ether oxygens (including phenoxy) is 1. The number of nitrogens with one attached hydrogen (secondary N) is 1. The number of carbonyl (C=O) groups is 1. The molecule has 1 N–H and O–H groups in total. The van der Waals surface area contributed by atoms with Crippen LogP contribution < -0.4 is 10.2 Å². The first-order valence-corrected chi connectivity index (χ1v) is 12.8. The molecule has 0 saturated carbocycles. The van der Waals surface area contributed by atoms with Crippen molar-refractivity contribution in [1.82, 2.24) is 29.6 Å². The van der Waals surface area contributed by atoms with Gasteiger partial charge in [0.25, 0.3) is 0 Å². The summed E-state index contributed by atoms with van der Waals surface area (Å²) in [6.45, 7) is 6.75. The van der Waals surface area contributed by atoms with E-state index < -0.39 is 17.3 Å². The summed E-state index contributed by atoms with van der Waals surface area (Å²) < 4.78 is 46.9. The zero-order chi connectivity index (χ0) is 28.2. The van der Waals surface area contributed by atoms with Crippen LogP contribution in [0.3, 0.4) is 0 Å². The number of halogens is 3. The number of anilines is 3. The van der Waals surface area contributed by atoms with E-state index in [-0.39, 0.29) is 24.0 Å². The Morgan fingerprint density at radius 1 is 1.02 bits per heavy atom. The van der Waals surface area contributed by atoms with Gasteiger partial charge in [0.05, 0.1) is 35.0 Å². The molecule has 4 aromatic heterocycles. The van der Waals surface area contributed by atoms with Crippen LogP contribution in [0, 0.1) is 0 Å². The molecule has 13 heteroatoms. The summed E-state index contributed by atoms with van der Waals surface area (Å²) >= 11 is 0. The van der Waals surface area contributed by atoms with Crippen molar-refractivity contribution in [2.45, 2.75) is 51.1 Å². The van der Waals surface area contributed by atoms with E-state index in [4.69, 9.17) is 4.74 Å². The Morgan fingerprint density at radius 2 is 1.82 bits per heavy atom. The normalized spacial score (nSPS) is 18.9. The van der Waals surface area contributed by atoms with Gasteiger partial charge in [0.1, 0.15) is 17.2 Å². The number of rotatable bonds is 4. The lowest BCUT2D eigenvalue weighted by Crippen LogP contribution is -2.50. The van der Waals surface area contributed by atoms with Crippen molar-refractivity contribution in [1.29, 1.82) is 0 Å². The zero-order valence-corrected chi connectivity index (χ0v) is 22.1. The van der Waals surface area contributed by atoms with Crippen molar-refractivity contribution in [3.05, 3.63) is 60.7 Å². The SMILES string of the molecule is CC(C)(C)OC(=O)N1C[C@@H]2C[C@H]1CN2c1cc(-n2nc(Nc3cc(C(F)(F)F)ccn3)c3ccncc32)ccn1. The number of amides is 1. The van der Waals surface area contributed by atoms with Crippen molar-refractivity contribution < 1.29 is 22.7 Å². The lowest BCUT2D eigenvalue weighted by atomic mass is 10.2. The first-order valence-electron chi connectivity index (χ1n) is 12.8. The molecular weight excluding hydrogens is 525 g/mol. The molecule has 1 amide bonds.